The molecule has 2 N–H and O–H groups in total. The van der Waals surface area contributed by atoms with E-state index >= 15 is 0 Å². The first-order chi connectivity index (χ1) is 11.4. The molecule has 0 atom stereocenters. The van der Waals surface area contributed by atoms with E-state index in [1.807, 2.05) is 4.72 Å². The first-order valence-electron chi connectivity index (χ1n) is 6.97. The fourth-order valence-electron chi connectivity index (χ4n) is 2.23. The number of H-pyrrole nitrogens is 1. The first-order valence-corrected chi connectivity index (χ1v) is 8.45. The van der Waals surface area contributed by atoms with E-state index in [9.17, 15) is 13.2 Å². The molecule has 8 nitrogen and oxygen atoms in total. The minimum atomic E-state index is -3.99. The second-order valence-electron chi connectivity index (χ2n) is 5.12. The minimum Gasteiger partial charge on any atom is -0.465 e. The number of aromatic nitrogens is 3. The van der Waals surface area contributed by atoms with Crippen molar-refractivity contribution < 1.29 is 17.6 Å². The standard InChI is InChI=1S/C15H14N4O4S/c1-9-7-13(10(2)23-9)24(21,22)19-15(20)12-5-3-11(4-6-12)14-16-8-17-18-14/h3-8H,1-2H3,(H,19,20)(H,16,17,18). The van der Waals surface area contributed by atoms with E-state index in [2.05, 4.69) is 15.2 Å². The normalized spacial score (nSPS) is 11.4. The number of aryl methyl sites for hydroxylation is 2. The van der Waals surface area contributed by atoms with E-state index in [0.717, 1.165) is 5.56 Å². The van der Waals surface area contributed by atoms with Crippen LogP contribution in [0.1, 0.15) is 21.9 Å². The number of amides is 1. The van der Waals surface area contributed by atoms with Gasteiger partial charge in [-0.2, -0.15) is 5.10 Å². The summed E-state index contributed by atoms with van der Waals surface area (Å²) >= 11 is 0. The van der Waals surface area contributed by atoms with Crippen molar-refractivity contribution in [2.45, 2.75) is 18.7 Å². The van der Waals surface area contributed by atoms with E-state index < -0.39 is 15.9 Å². The number of hydrogen-bond acceptors (Lipinski definition) is 6. The maximum atomic E-state index is 12.3. The van der Waals surface area contributed by atoms with Crippen LogP contribution in [0, 0.1) is 13.8 Å². The van der Waals surface area contributed by atoms with Crippen LogP contribution in [-0.2, 0) is 10.0 Å². The third-order valence-electron chi connectivity index (χ3n) is 3.35. The number of nitrogens with zero attached hydrogens (tertiary/aromatic N) is 2. The van der Waals surface area contributed by atoms with Crippen molar-refractivity contribution in [2.24, 2.45) is 0 Å². The number of rotatable bonds is 4. The lowest BCUT2D eigenvalue weighted by Crippen LogP contribution is -2.30. The van der Waals surface area contributed by atoms with Crippen molar-refractivity contribution in [3.8, 4) is 11.4 Å². The van der Waals surface area contributed by atoms with Crippen molar-refractivity contribution in [3.05, 3.63) is 53.7 Å². The van der Waals surface area contributed by atoms with Gasteiger partial charge in [0.05, 0.1) is 0 Å². The summed E-state index contributed by atoms with van der Waals surface area (Å²) in [7, 11) is -3.99. The van der Waals surface area contributed by atoms with Crippen molar-refractivity contribution in [1.29, 1.82) is 0 Å². The summed E-state index contributed by atoms with van der Waals surface area (Å²) in [6, 6.07) is 7.69. The summed E-state index contributed by atoms with van der Waals surface area (Å²) in [4.78, 5) is 16.1. The molecule has 3 aromatic rings. The number of hydrogen-bond donors (Lipinski definition) is 2. The fourth-order valence-corrected chi connectivity index (χ4v) is 3.45. The molecule has 0 bridgehead atoms. The van der Waals surface area contributed by atoms with Gasteiger partial charge in [0.1, 0.15) is 22.7 Å². The van der Waals surface area contributed by atoms with Gasteiger partial charge >= 0.3 is 0 Å². The molecule has 2 aromatic heterocycles. The lowest BCUT2D eigenvalue weighted by Gasteiger charge is -2.06. The number of benzene rings is 1. The summed E-state index contributed by atoms with van der Waals surface area (Å²) in [5.74, 6) is 0.515. The summed E-state index contributed by atoms with van der Waals surface area (Å²) in [5, 5.41) is 6.45. The average Bonchev–Trinajstić information content (AvgIpc) is 3.17. The fraction of sp³-hybridized carbons (Fsp3) is 0.133. The predicted molar refractivity (Wildman–Crippen MR) is 84.7 cm³/mol. The SMILES string of the molecule is Cc1cc(S(=O)(=O)NC(=O)c2ccc(-c3ncn[nH]3)cc2)c(C)o1. The molecular formula is C15H14N4O4S. The Morgan fingerprint density at radius 3 is 2.46 bits per heavy atom. The van der Waals surface area contributed by atoms with Gasteiger partial charge < -0.3 is 4.42 Å². The van der Waals surface area contributed by atoms with E-state index in [1.165, 1.54) is 31.5 Å². The summed E-state index contributed by atoms with van der Waals surface area (Å²) in [6.07, 6.45) is 1.37. The Kier molecular flexibility index (Phi) is 3.94. The van der Waals surface area contributed by atoms with Crippen LogP contribution < -0.4 is 4.72 Å². The second-order valence-corrected chi connectivity index (χ2v) is 6.77. The molecule has 0 radical (unpaired) electrons. The Morgan fingerprint density at radius 1 is 1.21 bits per heavy atom. The molecule has 2 heterocycles. The van der Waals surface area contributed by atoms with E-state index in [0.29, 0.717) is 11.6 Å². The maximum absolute atomic E-state index is 12.3. The van der Waals surface area contributed by atoms with Gasteiger partial charge in [0, 0.05) is 17.2 Å². The zero-order valence-corrected chi connectivity index (χ0v) is 13.7. The highest BCUT2D eigenvalue weighted by Gasteiger charge is 2.23. The Hall–Kier alpha value is -2.94. The highest BCUT2D eigenvalue weighted by Crippen LogP contribution is 2.20. The lowest BCUT2D eigenvalue weighted by molar-refractivity contribution is 0.0981. The maximum Gasteiger partial charge on any atom is 0.267 e. The predicted octanol–water partition coefficient (Wildman–Crippen LogP) is 1.80. The van der Waals surface area contributed by atoms with Crippen LogP contribution in [0.5, 0.6) is 0 Å². The third kappa shape index (κ3) is 3.06. The highest BCUT2D eigenvalue weighted by atomic mass is 32.2. The van der Waals surface area contributed by atoms with Gasteiger partial charge in [-0.1, -0.05) is 12.1 Å². The van der Waals surface area contributed by atoms with Crippen LogP contribution in [0.15, 0.2) is 46.0 Å². The minimum absolute atomic E-state index is 0.0494. The molecule has 0 unspecified atom stereocenters. The molecule has 0 spiro atoms. The van der Waals surface area contributed by atoms with E-state index in [-0.39, 0.29) is 16.2 Å². The molecule has 0 aliphatic carbocycles. The van der Waals surface area contributed by atoms with Crippen LogP contribution in [0.3, 0.4) is 0 Å². The molecule has 0 aliphatic heterocycles. The van der Waals surface area contributed by atoms with Gasteiger partial charge in [0.15, 0.2) is 5.82 Å². The van der Waals surface area contributed by atoms with Gasteiger partial charge in [-0.15, -0.1) is 0 Å². The Bertz CT molecular complexity index is 973. The van der Waals surface area contributed by atoms with E-state index in [4.69, 9.17) is 4.42 Å². The van der Waals surface area contributed by atoms with Crippen LogP contribution in [0.2, 0.25) is 0 Å². The Labute approximate surface area is 138 Å². The summed E-state index contributed by atoms with van der Waals surface area (Å²) in [6.45, 7) is 3.16. The van der Waals surface area contributed by atoms with Crippen LogP contribution in [-0.4, -0.2) is 29.5 Å². The van der Waals surface area contributed by atoms with E-state index in [1.54, 1.807) is 19.1 Å². The molecule has 1 amide bonds. The summed E-state index contributed by atoms with van der Waals surface area (Å²) in [5.41, 5.74) is 0.938. The largest absolute Gasteiger partial charge is 0.465 e. The van der Waals surface area contributed by atoms with Gasteiger partial charge in [0.25, 0.3) is 15.9 Å². The van der Waals surface area contributed by atoms with Gasteiger partial charge in [0.2, 0.25) is 0 Å². The smallest absolute Gasteiger partial charge is 0.267 e. The lowest BCUT2D eigenvalue weighted by atomic mass is 10.1. The molecule has 0 aliphatic rings. The van der Waals surface area contributed by atoms with Crippen molar-refractivity contribution >= 4 is 15.9 Å². The molecule has 3 rings (SSSR count). The number of carbonyl (C=O) groups excluding carboxylic acids is 1. The molecule has 0 fully saturated rings. The van der Waals surface area contributed by atoms with Crippen molar-refractivity contribution in [2.75, 3.05) is 0 Å². The number of nitrogens with one attached hydrogen (secondary N) is 2. The van der Waals surface area contributed by atoms with Crippen LogP contribution >= 0.6 is 0 Å². The molecule has 0 saturated carbocycles. The molecule has 124 valence electrons. The summed E-state index contributed by atoms with van der Waals surface area (Å²) < 4.78 is 31.8. The molecule has 24 heavy (non-hydrogen) atoms. The van der Waals surface area contributed by atoms with Crippen molar-refractivity contribution in [3.63, 3.8) is 0 Å². The quantitative estimate of drug-likeness (QED) is 0.744. The van der Waals surface area contributed by atoms with Gasteiger partial charge in [-0.05, 0) is 26.0 Å². The molecular weight excluding hydrogens is 332 g/mol. The Balaban J connectivity index is 1.81. The number of sulfonamides is 1. The van der Waals surface area contributed by atoms with Gasteiger partial charge in [-0.25, -0.2) is 18.1 Å². The molecule has 0 saturated heterocycles. The monoisotopic (exact) mass is 346 g/mol. The van der Waals surface area contributed by atoms with Gasteiger partial charge in [-0.3, -0.25) is 9.89 Å². The average molecular weight is 346 g/mol. The zero-order chi connectivity index (χ0) is 17.3. The number of carbonyl (C=O) groups is 1. The van der Waals surface area contributed by atoms with Crippen LogP contribution in [0.25, 0.3) is 11.4 Å². The van der Waals surface area contributed by atoms with Crippen LogP contribution in [0.4, 0.5) is 0 Å². The molecule has 9 heteroatoms. The third-order valence-corrected chi connectivity index (χ3v) is 4.79. The zero-order valence-electron chi connectivity index (χ0n) is 12.9. The topological polar surface area (TPSA) is 118 Å². The number of furan rings is 1. The Morgan fingerprint density at radius 2 is 1.92 bits per heavy atom. The molecule has 1 aromatic carbocycles. The number of aromatic amines is 1. The highest BCUT2D eigenvalue weighted by molar-refractivity contribution is 7.90. The van der Waals surface area contributed by atoms with Crippen molar-refractivity contribution in [1.82, 2.24) is 19.9 Å². The second kappa shape index (κ2) is 5.93. The first kappa shape index (κ1) is 15.9.